The van der Waals surface area contributed by atoms with E-state index in [9.17, 15) is 4.79 Å². The number of nitrogens with one attached hydrogen (secondary N) is 2. The van der Waals surface area contributed by atoms with Gasteiger partial charge in [0.2, 0.25) is 0 Å². The largest absolute Gasteiger partial charge is 0.358 e. The predicted molar refractivity (Wildman–Crippen MR) is 134 cm³/mol. The number of carbonyl (C=O) groups excluding carboxylic acids is 1. The molecule has 33 heavy (non-hydrogen) atoms. The number of likely N-dealkylation sites (tertiary alicyclic amines) is 1. The van der Waals surface area contributed by atoms with Crippen molar-refractivity contribution in [3.8, 4) is 0 Å². The fourth-order valence-electron chi connectivity index (χ4n) is 4.84. The van der Waals surface area contributed by atoms with Crippen molar-refractivity contribution in [1.82, 2.24) is 14.9 Å². The number of aromatic nitrogens is 2. The van der Waals surface area contributed by atoms with E-state index in [-0.39, 0.29) is 11.9 Å². The van der Waals surface area contributed by atoms with Crippen molar-refractivity contribution in [3.05, 3.63) is 94.4 Å². The van der Waals surface area contributed by atoms with E-state index in [1.54, 1.807) is 24.3 Å². The first kappa shape index (κ1) is 21.7. The van der Waals surface area contributed by atoms with E-state index in [4.69, 9.17) is 16.6 Å². The molecule has 2 aromatic heterocycles. The minimum Gasteiger partial charge on any atom is -0.358 e. The summed E-state index contributed by atoms with van der Waals surface area (Å²) < 4.78 is 0. The van der Waals surface area contributed by atoms with Gasteiger partial charge in [-0.2, -0.15) is 0 Å². The van der Waals surface area contributed by atoms with Crippen molar-refractivity contribution < 1.29 is 4.79 Å². The number of pyridine rings is 1. The average Bonchev–Trinajstić information content (AvgIpc) is 3.16. The van der Waals surface area contributed by atoms with Crippen LogP contribution in [0.1, 0.15) is 52.6 Å². The predicted octanol–water partition coefficient (Wildman–Crippen LogP) is 6.35. The summed E-state index contributed by atoms with van der Waals surface area (Å²) in [4.78, 5) is 23.6. The maximum Gasteiger partial charge on any atom is 0.255 e. The van der Waals surface area contributed by atoms with Crippen LogP contribution < -0.4 is 5.32 Å². The average molecular weight is 459 g/mol. The van der Waals surface area contributed by atoms with Crippen molar-refractivity contribution in [2.24, 2.45) is 0 Å². The Balaban J connectivity index is 1.55. The van der Waals surface area contributed by atoms with Gasteiger partial charge in [0.1, 0.15) is 0 Å². The number of halogens is 1. The number of nitrogens with zero attached hydrogens (tertiary/aromatic N) is 2. The number of fused-ring (bicyclic) bond motifs is 1. The molecule has 1 amide bonds. The highest BCUT2D eigenvalue weighted by Gasteiger charge is 2.29. The van der Waals surface area contributed by atoms with Gasteiger partial charge < -0.3 is 10.3 Å². The molecule has 5 rings (SSSR count). The molecular formula is C27H27ClN4O. The smallest absolute Gasteiger partial charge is 0.255 e. The van der Waals surface area contributed by atoms with Crippen molar-refractivity contribution in [2.75, 3.05) is 18.4 Å². The van der Waals surface area contributed by atoms with Gasteiger partial charge in [-0.15, -0.1) is 0 Å². The SMILES string of the molecule is Cc1[nH]c2ccc(NC(=O)c3cccc(Cl)c3)cc2c1[C@@H](c1ccccn1)N1CCCCC1. The maximum absolute atomic E-state index is 12.8. The van der Waals surface area contributed by atoms with Crippen molar-refractivity contribution in [1.29, 1.82) is 0 Å². The molecule has 0 bridgehead atoms. The molecule has 1 atom stereocenters. The summed E-state index contributed by atoms with van der Waals surface area (Å²) in [5, 5.41) is 4.68. The topological polar surface area (TPSA) is 61.0 Å². The van der Waals surface area contributed by atoms with Crippen LogP contribution in [-0.4, -0.2) is 33.9 Å². The zero-order valence-corrected chi connectivity index (χ0v) is 19.4. The highest BCUT2D eigenvalue weighted by Crippen LogP contribution is 2.37. The number of hydrogen-bond acceptors (Lipinski definition) is 3. The van der Waals surface area contributed by atoms with Gasteiger partial charge in [-0.3, -0.25) is 14.7 Å². The molecule has 0 spiro atoms. The second kappa shape index (κ2) is 9.38. The lowest BCUT2D eigenvalue weighted by molar-refractivity contribution is 0.102. The van der Waals surface area contributed by atoms with E-state index >= 15 is 0 Å². The summed E-state index contributed by atoms with van der Waals surface area (Å²) >= 11 is 6.07. The minimum atomic E-state index is -0.178. The summed E-state index contributed by atoms with van der Waals surface area (Å²) in [6.07, 6.45) is 5.54. The quantitative estimate of drug-likeness (QED) is 0.366. The van der Waals surface area contributed by atoms with Gasteiger partial charge in [0, 0.05) is 44.6 Å². The first-order chi connectivity index (χ1) is 16.1. The summed E-state index contributed by atoms with van der Waals surface area (Å²) in [7, 11) is 0. The van der Waals surface area contributed by atoms with Gasteiger partial charge in [-0.25, -0.2) is 0 Å². The number of aromatic amines is 1. The Hall–Kier alpha value is -3.15. The van der Waals surface area contributed by atoms with Gasteiger partial charge in [0.15, 0.2) is 0 Å². The van der Waals surface area contributed by atoms with Gasteiger partial charge >= 0.3 is 0 Å². The second-order valence-corrected chi connectivity index (χ2v) is 9.08. The van der Waals surface area contributed by atoms with Crippen LogP contribution in [0.5, 0.6) is 0 Å². The number of anilines is 1. The van der Waals surface area contributed by atoms with Gasteiger partial charge in [0.05, 0.1) is 11.7 Å². The number of carbonyl (C=O) groups is 1. The molecule has 1 fully saturated rings. The van der Waals surface area contributed by atoms with Crippen LogP contribution in [0.2, 0.25) is 5.02 Å². The highest BCUT2D eigenvalue weighted by atomic mass is 35.5. The molecule has 2 aromatic carbocycles. The number of piperidine rings is 1. The normalized spacial score (nSPS) is 15.5. The molecule has 4 aromatic rings. The lowest BCUT2D eigenvalue weighted by atomic mass is 9.95. The lowest BCUT2D eigenvalue weighted by Gasteiger charge is -2.34. The molecule has 0 saturated carbocycles. The maximum atomic E-state index is 12.8. The van der Waals surface area contributed by atoms with Crippen LogP contribution in [0.15, 0.2) is 66.9 Å². The monoisotopic (exact) mass is 458 g/mol. The molecule has 3 heterocycles. The third-order valence-electron chi connectivity index (χ3n) is 6.38. The van der Waals surface area contributed by atoms with Crippen LogP contribution in [0.4, 0.5) is 5.69 Å². The molecule has 2 N–H and O–H groups in total. The fraction of sp³-hybridized carbons (Fsp3) is 0.259. The van der Waals surface area contributed by atoms with Gasteiger partial charge in [-0.1, -0.05) is 30.2 Å². The summed E-state index contributed by atoms with van der Waals surface area (Å²) in [5.74, 6) is -0.178. The Morgan fingerprint density at radius 3 is 2.67 bits per heavy atom. The molecular weight excluding hydrogens is 432 g/mol. The molecule has 0 aliphatic carbocycles. The van der Waals surface area contributed by atoms with E-state index in [2.05, 4.69) is 40.3 Å². The van der Waals surface area contributed by atoms with Gasteiger partial charge in [-0.05, 0) is 81.4 Å². The summed E-state index contributed by atoms with van der Waals surface area (Å²) in [6.45, 7) is 4.23. The number of rotatable bonds is 5. The van der Waals surface area contributed by atoms with Crippen molar-refractivity contribution in [3.63, 3.8) is 0 Å². The van der Waals surface area contributed by atoms with E-state index in [0.717, 1.165) is 41.1 Å². The Kier molecular flexibility index (Phi) is 6.16. The minimum absolute atomic E-state index is 0.0686. The van der Waals surface area contributed by atoms with E-state index in [0.29, 0.717) is 10.6 Å². The molecule has 1 aliphatic rings. The number of hydrogen-bond donors (Lipinski definition) is 2. The van der Waals surface area contributed by atoms with E-state index in [1.807, 2.05) is 24.4 Å². The van der Waals surface area contributed by atoms with Crippen molar-refractivity contribution in [2.45, 2.75) is 32.2 Å². The second-order valence-electron chi connectivity index (χ2n) is 8.64. The number of amides is 1. The molecule has 168 valence electrons. The first-order valence-electron chi connectivity index (χ1n) is 11.4. The Morgan fingerprint density at radius 2 is 1.91 bits per heavy atom. The van der Waals surface area contributed by atoms with Gasteiger partial charge in [0.25, 0.3) is 5.91 Å². The third kappa shape index (κ3) is 4.52. The zero-order chi connectivity index (χ0) is 22.8. The molecule has 0 unspecified atom stereocenters. The molecule has 1 aliphatic heterocycles. The number of H-pyrrole nitrogens is 1. The fourth-order valence-corrected chi connectivity index (χ4v) is 5.03. The Bertz CT molecular complexity index is 1280. The molecule has 0 radical (unpaired) electrons. The standard InChI is InChI=1S/C27H27ClN4O/c1-18-25(26(24-10-3-4-13-29-24)32-14-5-2-6-15-32)22-17-21(11-12-23(22)30-18)31-27(33)19-8-7-9-20(28)16-19/h3-4,7-13,16-17,26,30H,2,5-6,14-15H2,1H3,(H,31,33)/t26-/m1/s1. The summed E-state index contributed by atoms with van der Waals surface area (Å²) in [5.41, 5.74) is 5.76. The first-order valence-corrected chi connectivity index (χ1v) is 11.8. The number of benzene rings is 2. The highest BCUT2D eigenvalue weighted by molar-refractivity contribution is 6.31. The molecule has 5 nitrogen and oxygen atoms in total. The van der Waals surface area contributed by atoms with Crippen LogP contribution in [0.3, 0.4) is 0 Å². The summed E-state index contributed by atoms with van der Waals surface area (Å²) in [6, 6.07) is 19.2. The Labute approximate surface area is 198 Å². The van der Waals surface area contributed by atoms with Crippen LogP contribution in [-0.2, 0) is 0 Å². The number of aryl methyl sites for hydroxylation is 1. The lowest BCUT2D eigenvalue weighted by Crippen LogP contribution is -2.35. The zero-order valence-electron chi connectivity index (χ0n) is 18.6. The molecule has 1 saturated heterocycles. The van der Waals surface area contributed by atoms with Crippen LogP contribution in [0, 0.1) is 6.92 Å². The van der Waals surface area contributed by atoms with Crippen LogP contribution in [0.25, 0.3) is 10.9 Å². The van der Waals surface area contributed by atoms with E-state index in [1.165, 1.54) is 24.8 Å². The van der Waals surface area contributed by atoms with Crippen molar-refractivity contribution >= 4 is 34.1 Å². The third-order valence-corrected chi connectivity index (χ3v) is 6.61. The Morgan fingerprint density at radius 1 is 1.06 bits per heavy atom. The van der Waals surface area contributed by atoms with Crippen LogP contribution >= 0.6 is 11.6 Å². The van der Waals surface area contributed by atoms with E-state index < -0.39 is 0 Å². The molecule has 6 heteroatoms.